The van der Waals surface area contributed by atoms with Crippen molar-refractivity contribution < 1.29 is 9.09 Å². The lowest BCUT2D eigenvalue weighted by atomic mass is 10.5. The standard InChI is InChI=1S/C3H5O2PS3/c4-6(7)5-3-1-8-9-2-3/h3H,1-2H2/p+1. The smallest absolute Gasteiger partial charge is 0.131 e. The van der Waals surface area contributed by atoms with E-state index in [1.807, 2.05) is 0 Å². The van der Waals surface area contributed by atoms with Gasteiger partial charge in [0.1, 0.15) is 18.4 Å². The molecule has 1 heterocycles. The molecule has 0 aliphatic carbocycles. The van der Waals surface area contributed by atoms with Crippen molar-refractivity contribution in [2.24, 2.45) is 0 Å². The summed E-state index contributed by atoms with van der Waals surface area (Å²) in [6.45, 7) is 0. The van der Waals surface area contributed by atoms with Crippen molar-refractivity contribution in [3.8, 4) is 0 Å². The Morgan fingerprint density at radius 2 is 2.11 bits per heavy atom. The van der Waals surface area contributed by atoms with Crippen LogP contribution >= 0.6 is 41.1 Å². The van der Waals surface area contributed by atoms with E-state index in [1.165, 1.54) is 0 Å². The first-order valence-corrected chi connectivity index (χ1v) is 7.18. The van der Waals surface area contributed by atoms with Crippen LogP contribution in [0.1, 0.15) is 0 Å². The van der Waals surface area contributed by atoms with Crippen molar-refractivity contribution in [2.75, 3.05) is 11.5 Å². The molecule has 52 valence electrons. The first-order chi connectivity index (χ1) is 4.29. The Labute approximate surface area is 67.9 Å². The molecule has 0 N–H and O–H groups in total. The molecule has 6 heteroatoms. The van der Waals surface area contributed by atoms with Gasteiger partial charge in [0.25, 0.3) is 0 Å². The lowest BCUT2D eigenvalue weighted by Gasteiger charge is -1.92. The van der Waals surface area contributed by atoms with Crippen molar-refractivity contribution in [3.63, 3.8) is 0 Å². The molecular weight excluding hydrogens is 195 g/mol. The van der Waals surface area contributed by atoms with Crippen molar-refractivity contribution in [1.29, 1.82) is 0 Å². The van der Waals surface area contributed by atoms with Crippen LogP contribution in [0.25, 0.3) is 0 Å². The van der Waals surface area contributed by atoms with Crippen LogP contribution in [0.4, 0.5) is 0 Å². The van der Waals surface area contributed by atoms with Gasteiger partial charge in [-0.2, -0.15) is 0 Å². The van der Waals surface area contributed by atoms with Gasteiger partial charge in [0.2, 0.25) is 0 Å². The van der Waals surface area contributed by atoms with E-state index in [4.69, 9.17) is 4.52 Å². The molecule has 1 saturated heterocycles. The second-order valence-corrected chi connectivity index (χ2v) is 5.75. The van der Waals surface area contributed by atoms with Gasteiger partial charge in [0.15, 0.2) is 0 Å². The third-order valence-electron chi connectivity index (χ3n) is 0.830. The van der Waals surface area contributed by atoms with E-state index >= 15 is 0 Å². The highest BCUT2D eigenvalue weighted by molar-refractivity contribution is 8.77. The van der Waals surface area contributed by atoms with E-state index in [0.29, 0.717) is 0 Å². The Hall–Kier alpha value is 1.11. The Balaban J connectivity index is 2.19. The fraction of sp³-hybridized carbons (Fsp3) is 1.00. The van der Waals surface area contributed by atoms with Crippen LogP contribution in [0.3, 0.4) is 0 Å². The first-order valence-electron chi connectivity index (χ1n) is 2.36. The van der Waals surface area contributed by atoms with Crippen LogP contribution in [0.15, 0.2) is 0 Å². The number of hydrogen-bond donors (Lipinski definition) is 1. The van der Waals surface area contributed by atoms with Gasteiger partial charge < -0.3 is 0 Å². The average molecular weight is 201 g/mol. The molecule has 0 radical (unpaired) electrons. The fourth-order valence-corrected chi connectivity index (χ4v) is 4.00. The normalized spacial score (nSPS) is 22.6. The Morgan fingerprint density at radius 3 is 2.56 bits per heavy atom. The Morgan fingerprint density at radius 1 is 1.56 bits per heavy atom. The molecule has 2 nitrogen and oxygen atoms in total. The lowest BCUT2D eigenvalue weighted by Crippen LogP contribution is -2.08. The maximum Gasteiger partial charge on any atom is 0.582 e. The summed E-state index contributed by atoms with van der Waals surface area (Å²) in [6.07, 6.45) is 0.154. The largest absolute Gasteiger partial charge is 0.582 e. The van der Waals surface area contributed by atoms with E-state index < -0.39 is 7.23 Å². The minimum Gasteiger partial charge on any atom is -0.131 e. The number of hydrogen-bond acceptors (Lipinski definition) is 4. The van der Waals surface area contributed by atoms with E-state index in [0.717, 1.165) is 11.5 Å². The minimum atomic E-state index is -1.69. The summed E-state index contributed by atoms with van der Waals surface area (Å²) in [5.74, 6) is 1.87. The topological polar surface area (TPSA) is 26.3 Å². The Bertz CT molecular complexity index is 114. The van der Waals surface area contributed by atoms with Gasteiger partial charge in [-0.1, -0.05) is 21.6 Å². The number of thiol groups is 1. The molecule has 1 aliphatic rings. The van der Waals surface area contributed by atoms with Crippen LogP contribution in [0.2, 0.25) is 0 Å². The van der Waals surface area contributed by atoms with Gasteiger partial charge in [-0.15, -0.1) is 4.52 Å². The summed E-state index contributed by atoms with van der Waals surface area (Å²) in [4.78, 5) is 0. The van der Waals surface area contributed by atoms with Crippen molar-refractivity contribution in [2.45, 2.75) is 6.10 Å². The van der Waals surface area contributed by atoms with E-state index in [2.05, 4.69) is 12.2 Å². The zero-order valence-corrected chi connectivity index (χ0v) is 7.94. The second-order valence-electron chi connectivity index (χ2n) is 1.53. The van der Waals surface area contributed by atoms with Gasteiger partial charge in [0, 0.05) is 11.5 Å². The molecule has 1 fully saturated rings. The van der Waals surface area contributed by atoms with Crippen molar-refractivity contribution >= 4 is 41.1 Å². The molecule has 0 spiro atoms. The maximum absolute atomic E-state index is 10.4. The van der Waals surface area contributed by atoms with Crippen LogP contribution in [0, 0.1) is 0 Å². The SMILES string of the molecule is O=[P+](S)OC1CSSC1. The molecule has 0 bridgehead atoms. The summed E-state index contributed by atoms with van der Waals surface area (Å²) in [5, 5.41) is 0. The lowest BCUT2D eigenvalue weighted by molar-refractivity contribution is 0.276. The first kappa shape index (κ1) is 8.21. The molecule has 9 heavy (non-hydrogen) atoms. The molecule has 0 aromatic carbocycles. The molecule has 1 unspecified atom stereocenters. The molecule has 0 amide bonds. The van der Waals surface area contributed by atoms with Crippen molar-refractivity contribution in [3.05, 3.63) is 0 Å². The summed E-state index contributed by atoms with van der Waals surface area (Å²) >= 11 is 3.64. The molecule has 1 atom stereocenters. The van der Waals surface area contributed by atoms with Gasteiger partial charge in [0.05, 0.1) is 0 Å². The van der Waals surface area contributed by atoms with Gasteiger partial charge in [-0.3, -0.25) is 0 Å². The Kier molecular flexibility index (Phi) is 3.73. The third-order valence-corrected chi connectivity index (χ3v) is 4.09. The summed E-state index contributed by atoms with van der Waals surface area (Å²) in [7, 11) is 1.81. The fourth-order valence-electron chi connectivity index (χ4n) is 0.485. The molecule has 0 aromatic rings. The van der Waals surface area contributed by atoms with Crippen LogP contribution in [-0.2, 0) is 9.09 Å². The summed E-state index contributed by atoms with van der Waals surface area (Å²) in [5.41, 5.74) is 0. The van der Waals surface area contributed by atoms with Crippen LogP contribution < -0.4 is 0 Å². The zero-order valence-electron chi connectivity index (χ0n) is 4.52. The molecular formula is C3H6O2PS3+. The van der Waals surface area contributed by atoms with Crippen LogP contribution in [-0.4, -0.2) is 17.6 Å². The molecule has 0 aromatic heterocycles. The van der Waals surface area contributed by atoms with Crippen LogP contribution in [0.5, 0.6) is 0 Å². The highest BCUT2D eigenvalue weighted by Gasteiger charge is 2.25. The predicted octanol–water partition coefficient (Wildman–Crippen LogP) is 2.35. The highest BCUT2D eigenvalue weighted by atomic mass is 33.1. The second kappa shape index (κ2) is 4.09. The van der Waals surface area contributed by atoms with Gasteiger partial charge in [-0.25, -0.2) is 0 Å². The van der Waals surface area contributed by atoms with E-state index in [9.17, 15) is 4.57 Å². The van der Waals surface area contributed by atoms with Gasteiger partial charge in [-0.05, 0) is 4.57 Å². The quantitative estimate of drug-likeness (QED) is 0.421. The summed E-state index contributed by atoms with van der Waals surface area (Å²) in [6, 6.07) is 0. The zero-order chi connectivity index (χ0) is 6.69. The third kappa shape index (κ3) is 3.14. The number of rotatable bonds is 2. The average Bonchev–Trinajstić information content (AvgIpc) is 2.15. The van der Waals surface area contributed by atoms with Crippen molar-refractivity contribution in [1.82, 2.24) is 0 Å². The molecule has 1 aliphatic heterocycles. The van der Waals surface area contributed by atoms with Gasteiger partial charge >= 0.3 is 7.23 Å². The minimum absolute atomic E-state index is 0.154. The maximum atomic E-state index is 10.4. The summed E-state index contributed by atoms with van der Waals surface area (Å²) < 4.78 is 15.3. The van der Waals surface area contributed by atoms with E-state index in [-0.39, 0.29) is 6.10 Å². The molecule has 0 saturated carbocycles. The predicted molar refractivity (Wildman–Crippen MR) is 46.4 cm³/mol. The van der Waals surface area contributed by atoms with E-state index in [1.54, 1.807) is 21.6 Å². The molecule has 1 rings (SSSR count). The monoisotopic (exact) mass is 201 g/mol. The highest BCUT2D eigenvalue weighted by Crippen LogP contribution is 2.38.